The molecule has 0 aromatic carbocycles. The van der Waals surface area contributed by atoms with Crippen molar-refractivity contribution in [3.8, 4) is 0 Å². The molecule has 2 N–H and O–H groups in total. The summed E-state index contributed by atoms with van der Waals surface area (Å²) in [7, 11) is 0. The first-order valence-electron chi connectivity index (χ1n) is 4.62. The molecule has 1 rings (SSSR count). The third kappa shape index (κ3) is 3.09. The van der Waals surface area contributed by atoms with Crippen LogP contribution in [-0.4, -0.2) is 46.5 Å². The van der Waals surface area contributed by atoms with E-state index in [1.165, 1.54) is 0 Å². The number of nitrogens with zero attached hydrogens (tertiary/aromatic N) is 1. The standard InChI is InChI=1S/C9H19NO2/c1-8(11)7-10-5-3-9(2,12)4-6-10/h8,11-12H,3-7H2,1-2H3/t8-/m1/s1. The van der Waals surface area contributed by atoms with Gasteiger partial charge < -0.3 is 15.1 Å². The van der Waals surface area contributed by atoms with E-state index in [-0.39, 0.29) is 6.10 Å². The molecular formula is C9H19NO2. The van der Waals surface area contributed by atoms with E-state index in [0.29, 0.717) is 0 Å². The van der Waals surface area contributed by atoms with Crippen molar-refractivity contribution < 1.29 is 10.2 Å². The first-order valence-corrected chi connectivity index (χ1v) is 4.62. The van der Waals surface area contributed by atoms with Crippen LogP contribution in [0.3, 0.4) is 0 Å². The summed E-state index contributed by atoms with van der Waals surface area (Å²) in [5.41, 5.74) is -0.477. The highest BCUT2D eigenvalue weighted by Crippen LogP contribution is 2.20. The summed E-state index contributed by atoms with van der Waals surface area (Å²) in [4.78, 5) is 2.20. The van der Waals surface area contributed by atoms with Crippen molar-refractivity contribution in [3.05, 3.63) is 0 Å². The van der Waals surface area contributed by atoms with Crippen LogP contribution < -0.4 is 0 Å². The summed E-state index contributed by atoms with van der Waals surface area (Å²) in [6, 6.07) is 0. The van der Waals surface area contributed by atoms with Gasteiger partial charge in [0.05, 0.1) is 11.7 Å². The summed E-state index contributed by atoms with van der Waals surface area (Å²) in [5.74, 6) is 0. The lowest BCUT2D eigenvalue weighted by Crippen LogP contribution is -2.44. The van der Waals surface area contributed by atoms with Crippen LogP contribution in [0, 0.1) is 0 Å². The van der Waals surface area contributed by atoms with Gasteiger partial charge in [-0.25, -0.2) is 0 Å². The number of β-amino-alcohol motifs (C(OH)–C–C–N with tert-alkyl or cyclic N) is 1. The molecule has 12 heavy (non-hydrogen) atoms. The molecule has 0 aromatic heterocycles. The van der Waals surface area contributed by atoms with Gasteiger partial charge in [-0.2, -0.15) is 0 Å². The van der Waals surface area contributed by atoms with Crippen LogP contribution in [-0.2, 0) is 0 Å². The average molecular weight is 173 g/mol. The number of rotatable bonds is 2. The van der Waals surface area contributed by atoms with Gasteiger partial charge in [0.2, 0.25) is 0 Å². The fourth-order valence-electron chi connectivity index (χ4n) is 1.59. The molecule has 0 bridgehead atoms. The topological polar surface area (TPSA) is 43.7 Å². The summed E-state index contributed by atoms with van der Waals surface area (Å²) in [6.45, 7) is 6.21. The Hall–Kier alpha value is -0.120. The van der Waals surface area contributed by atoms with E-state index in [9.17, 15) is 5.11 Å². The molecule has 0 unspecified atom stereocenters. The molecule has 0 saturated carbocycles. The molecule has 0 spiro atoms. The van der Waals surface area contributed by atoms with Gasteiger partial charge in [-0.1, -0.05) is 0 Å². The molecule has 1 aliphatic heterocycles. The highest BCUT2D eigenvalue weighted by molar-refractivity contribution is 4.81. The monoisotopic (exact) mass is 173 g/mol. The van der Waals surface area contributed by atoms with Crippen molar-refractivity contribution in [3.63, 3.8) is 0 Å². The lowest BCUT2D eigenvalue weighted by Gasteiger charge is -2.36. The number of hydrogen-bond acceptors (Lipinski definition) is 3. The van der Waals surface area contributed by atoms with E-state index in [4.69, 9.17) is 5.11 Å². The third-order valence-electron chi connectivity index (χ3n) is 2.46. The van der Waals surface area contributed by atoms with E-state index in [2.05, 4.69) is 4.90 Å². The fraction of sp³-hybridized carbons (Fsp3) is 1.00. The molecule has 0 amide bonds. The Labute approximate surface area is 74.0 Å². The summed E-state index contributed by atoms with van der Waals surface area (Å²) >= 11 is 0. The number of likely N-dealkylation sites (tertiary alicyclic amines) is 1. The molecule has 3 nitrogen and oxygen atoms in total. The SMILES string of the molecule is C[C@@H](O)CN1CCC(C)(O)CC1. The van der Waals surface area contributed by atoms with Gasteiger partial charge in [0.25, 0.3) is 0 Å². The highest BCUT2D eigenvalue weighted by Gasteiger charge is 2.27. The number of aliphatic hydroxyl groups excluding tert-OH is 1. The lowest BCUT2D eigenvalue weighted by molar-refractivity contribution is -0.0143. The van der Waals surface area contributed by atoms with E-state index >= 15 is 0 Å². The molecule has 0 radical (unpaired) electrons. The maximum absolute atomic E-state index is 9.64. The molecule has 3 heteroatoms. The van der Waals surface area contributed by atoms with E-state index in [1.807, 2.05) is 6.92 Å². The molecule has 1 heterocycles. The second-order valence-electron chi connectivity index (χ2n) is 4.15. The van der Waals surface area contributed by atoms with Crippen molar-refractivity contribution >= 4 is 0 Å². The highest BCUT2D eigenvalue weighted by atomic mass is 16.3. The van der Waals surface area contributed by atoms with Crippen molar-refractivity contribution in [2.45, 2.75) is 38.4 Å². The van der Waals surface area contributed by atoms with Gasteiger partial charge in [0, 0.05) is 19.6 Å². The number of hydrogen-bond donors (Lipinski definition) is 2. The van der Waals surface area contributed by atoms with Crippen LogP contribution in [0.1, 0.15) is 26.7 Å². The molecule has 0 aliphatic carbocycles. The van der Waals surface area contributed by atoms with Crippen molar-refractivity contribution in [1.29, 1.82) is 0 Å². The molecule has 1 aliphatic rings. The zero-order valence-corrected chi connectivity index (χ0v) is 7.95. The van der Waals surface area contributed by atoms with Crippen LogP contribution in [0.15, 0.2) is 0 Å². The maximum Gasteiger partial charge on any atom is 0.0644 e. The maximum atomic E-state index is 9.64. The lowest BCUT2D eigenvalue weighted by atomic mass is 9.94. The summed E-state index contributed by atoms with van der Waals surface area (Å²) in [6.07, 6.45) is 1.38. The Morgan fingerprint density at radius 2 is 1.92 bits per heavy atom. The predicted molar refractivity (Wildman–Crippen MR) is 48.0 cm³/mol. The zero-order valence-electron chi connectivity index (χ0n) is 7.95. The van der Waals surface area contributed by atoms with Gasteiger partial charge in [-0.15, -0.1) is 0 Å². The summed E-state index contributed by atoms with van der Waals surface area (Å²) < 4.78 is 0. The Morgan fingerprint density at radius 3 is 2.33 bits per heavy atom. The number of aliphatic hydroxyl groups is 2. The normalized spacial score (nSPS) is 27.0. The van der Waals surface area contributed by atoms with Crippen LogP contribution >= 0.6 is 0 Å². The van der Waals surface area contributed by atoms with E-state index < -0.39 is 5.60 Å². The van der Waals surface area contributed by atoms with Crippen molar-refractivity contribution in [2.24, 2.45) is 0 Å². The number of piperidine rings is 1. The molecular weight excluding hydrogens is 154 g/mol. The van der Waals surface area contributed by atoms with Gasteiger partial charge in [0.1, 0.15) is 0 Å². The minimum absolute atomic E-state index is 0.256. The Morgan fingerprint density at radius 1 is 1.42 bits per heavy atom. The van der Waals surface area contributed by atoms with Crippen molar-refractivity contribution in [2.75, 3.05) is 19.6 Å². The fourth-order valence-corrected chi connectivity index (χ4v) is 1.59. The smallest absolute Gasteiger partial charge is 0.0644 e. The van der Waals surface area contributed by atoms with Crippen LogP contribution in [0.4, 0.5) is 0 Å². The predicted octanol–water partition coefficient (Wildman–Crippen LogP) is 0.214. The average Bonchev–Trinajstić information content (AvgIpc) is 1.93. The first kappa shape index (κ1) is 9.96. The van der Waals surface area contributed by atoms with Crippen LogP contribution in [0.5, 0.6) is 0 Å². The minimum Gasteiger partial charge on any atom is -0.392 e. The second kappa shape index (κ2) is 3.73. The minimum atomic E-state index is -0.477. The molecule has 1 atom stereocenters. The van der Waals surface area contributed by atoms with Gasteiger partial charge in [-0.3, -0.25) is 0 Å². The van der Waals surface area contributed by atoms with E-state index in [1.54, 1.807) is 6.92 Å². The second-order valence-corrected chi connectivity index (χ2v) is 4.15. The van der Waals surface area contributed by atoms with Gasteiger partial charge in [-0.05, 0) is 26.7 Å². The van der Waals surface area contributed by atoms with Gasteiger partial charge >= 0.3 is 0 Å². The van der Waals surface area contributed by atoms with Gasteiger partial charge in [0.15, 0.2) is 0 Å². The largest absolute Gasteiger partial charge is 0.392 e. The summed E-state index contributed by atoms with van der Waals surface area (Å²) in [5, 5.41) is 18.8. The molecule has 72 valence electrons. The third-order valence-corrected chi connectivity index (χ3v) is 2.46. The van der Waals surface area contributed by atoms with E-state index in [0.717, 1.165) is 32.5 Å². The molecule has 1 saturated heterocycles. The molecule has 0 aromatic rings. The van der Waals surface area contributed by atoms with Crippen molar-refractivity contribution in [1.82, 2.24) is 4.90 Å². The first-order chi connectivity index (χ1) is 5.49. The van der Waals surface area contributed by atoms with Crippen LogP contribution in [0.25, 0.3) is 0 Å². The Balaban J connectivity index is 2.27. The molecule has 1 fully saturated rings. The van der Waals surface area contributed by atoms with Crippen LogP contribution in [0.2, 0.25) is 0 Å². The Bertz CT molecular complexity index is 135. The quantitative estimate of drug-likeness (QED) is 0.627. The Kier molecular flexibility index (Phi) is 3.09. The zero-order chi connectivity index (χ0) is 9.19.